The Hall–Kier alpha value is -3.29. The van der Waals surface area contributed by atoms with E-state index in [1.54, 1.807) is 6.20 Å². The third kappa shape index (κ3) is 4.09. The highest BCUT2D eigenvalue weighted by atomic mass is 15.3. The minimum Gasteiger partial charge on any atom is -0.355 e. The molecule has 0 atom stereocenters. The molecule has 2 aromatic heterocycles. The minimum atomic E-state index is 0.409. The third-order valence-corrected chi connectivity index (χ3v) is 6.55. The van der Waals surface area contributed by atoms with Gasteiger partial charge in [0.15, 0.2) is 5.82 Å². The van der Waals surface area contributed by atoms with Gasteiger partial charge in [0.2, 0.25) is 0 Å². The number of rotatable bonds is 6. The van der Waals surface area contributed by atoms with Crippen LogP contribution in [0.4, 0.5) is 17.3 Å². The molecule has 2 fully saturated rings. The first-order valence-electron chi connectivity index (χ1n) is 11.6. The molecule has 8 heteroatoms. The zero-order chi connectivity index (χ0) is 21.8. The number of amidine groups is 1. The molecule has 8 nitrogen and oxygen atoms in total. The molecule has 0 unspecified atom stereocenters. The van der Waals surface area contributed by atoms with Crippen molar-refractivity contribution in [3.63, 3.8) is 0 Å². The fourth-order valence-corrected chi connectivity index (χ4v) is 4.99. The van der Waals surface area contributed by atoms with Crippen molar-refractivity contribution in [1.82, 2.24) is 15.2 Å². The lowest BCUT2D eigenvalue weighted by atomic mass is 10.1. The van der Waals surface area contributed by atoms with Crippen LogP contribution in [0.1, 0.15) is 50.5 Å². The van der Waals surface area contributed by atoms with Gasteiger partial charge in [-0.1, -0.05) is 12.8 Å². The number of aromatic nitrogens is 3. The first kappa shape index (κ1) is 20.6. The van der Waals surface area contributed by atoms with Crippen LogP contribution in [0.15, 0.2) is 46.8 Å². The normalized spacial score (nSPS) is 21.4. The van der Waals surface area contributed by atoms with Crippen LogP contribution >= 0.6 is 0 Å². The highest BCUT2D eigenvalue weighted by molar-refractivity contribution is 6.35. The number of hydrogen-bond acceptors (Lipinski definition) is 7. The van der Waals surface area contributed by atoms with Crippen molar-refractivity contribution >= 4 is 35.4 Å². The summed E-state index contributed by atoms with van der Waals surface area (Å²) in [5, 5.41) is 12.1. The maximum atomic E-state index is 4.94. The Bertz CT molecular complexity index is 1000. The molecule has 32 heavy (non-hydrogen) atoms. The Morgan fingerprint density at radius 3 is 2.66 bits per heavy atom. The molecule has 2 aliphatic heterocycles. The van der Waals surface area contributed by atoms with E-state index < -0.39 is 0 Å². The van der Waals surface area contributed by atoms with Gasteiger partial charge in [0.25, 0.3) is 0 Å². The van der Waals surface area contributed by atoms with E-state index in [9.17, 15) is 0 Å². The monoisotopic (exact) mass is 430 g/mol. The minimum absolute atomic E-state index is 0.409. The van der Waals surface area contributed by atoms with Gasteiger partial charge in [-0.05, 0) is 57.0 Å². The first-order valence-corrected chi connectivity index (χ1v) is 11.6. The van der Waals surface area contributed by atoms with E-state index in [1.807, 2.05) is 30.6 Å². The number of piperidine rings is 1. The molecule has 0 aromatic carbocycles. The second-order valence-electron chi connectivity index (χ2n) is 8.57. The van der Waals surface area contributed by atoms with Crippen LogP contribution in [0, 0.1) is 0 Å². The highest BCUT2D eigenvalue weighted by Gasteiger charge is 2.36. The molecule has 0 spiro atoms. The van der Waals surface area contributed by atoms with E-state index in [-0.39, 0.29) is 0 Å². The Labute approximate surface area is 189 Å². The number of nitrogens with zero attached hydrogens (tertiary/aromatic N) is 7. The van der Waals surface area contributed by atoms with Crippen molar-refractivity contribution in [1.29, 1.82) is 0 Å². The van der Waals surface area contributed by atoms with Gasteiger partial charge in [-0.2, -0.15) is 0 Å². The summed E-state index contributed by atoms with van der Waals surface area (Å²) in [6.45, 7) is 6.21. The maximum absolute atomic E-state index is 4.94. The second-order valence-corrected chi connectivity index (χ2v) is 8.57. The molecule has 0 amide bonds. The molecule has 1 aliphatic carbocycles. The van der Waals surface area contributed by atoms with Crippen LogP contribution in [0.2, 0.25) is 0 Å². The van der Waals surface area contributed by atoms with E-state index in [1.165, 1.54) is 44.9 Å². The summed E-state index contributed by atoms with van der Waals surface area (Å²) in [6, 6.07) is 6.51. The lowest BCUT2D eigenvalue weighted by Crippen LogP contribution is -2.36. The Morgan fingerprint density at radius 1 is 1.06 bits per heavy atom. The number of aliphatic imine (C=N–C) groups is 2. The quantitative estimate of drug-likeness (QED) is 0.694. The maximum Gasteiger partial charge on any atom is 0.151 e. The van der Waals surface area contributed by atoms with Crippen molar-refractivity contribution in [2.75, 3.05) is 34.9 Å². The average Bonchev–Trinajstić information content (AvgIpc) is 3.47. The molecular weight excluding hydrogens is 400 g/mol. The van der Waals surface area contributed by atoms with Crippen molar-refractivity contribution in [3.8, 4) is 0 Å². The fourth-order valence-electron chi connectivity index (χ4n) is 4.99. The number of nitrogens with one attached hydrogen (secondary N) is 1. The van der Waals surface area contributed by atoms with E-state index in [0.717, 1.165) is 47.4 Å². The van der Waals surface area contributed by atoms with Gasteiger partial charge in [0.1, 0.15) is 18.3 Å². The predicted molar refractivity (Wildman–Crippen MR) is 131 cm³/mol. The molecule has 0 radical (unpaired) electrons. The number of hydrogen-bond donors (Lipinski definition) is 1. The Balaban J connectivity index is 1.34. The van der Waals surface area contributed by atoms with Gasteiger partial charge < -0.3 is 15.1 Å². The van der Waals surface area contributed by atoms with Crippen molar-refractivity contribution < 1.29 is 0 Å². The molecule has 1 saturated carbocycles. The molecule has 0 bridgehead atoms. The van der Waals surface area contributed by atoms with Crippen LogP contribution in [-0.4, -0.2) is 53.5 Å². The second kappa shape index (κ2) is 9.46. The summed E-state index contributed by atoms with van der Waals surface area (Å²) in [5.41, 5.74) is 3.22. The topological polar surface area (TPSA) is 81.9 Å². The van der Waals surface area contributed by atoms with Crippen molar-refractivity contribution in [2.24, 2.45) is 9.98 Å². The first-order chi connectivity index (χ1) is 15.8. The number of anilines is 3. The zero-order valence-electron chi connectivity index (χ0n) is 18.5. The zero-order valence-corrected chi connectivity index (χ0v) is 18.5. The molecular formula is C24H30N8. The van der Waals surface area contributed by atoms with Crippen LogP contribution < -0.4 is 15.1 Å². The van der Waals surface area contributed by atoms with Crippen LogP contribution in [0.3, 0.4) is 0 Å². The predicted octanol–water partition coefficient (Wildman–Crippen LogP) is 4.13. The van der Waals surface area contributed by atoms with E-state index in [0.29, 0.717) is 12.7 Å². The molecule has 4 heterocycles. The van der Waals surface area contributed by atoms with Crippen LogP contribution in [0.25, 0.3) is 5.57 Å². The van der Waals surface area contributed by atoms with Gasteiger partial charge >= 0.3 is 0 Å². The smallest absolute Gasteiger partial charge is 0.151 e. The van der Waals surface area contributed by atoms with Gasteiger partial charge in [-0.25, -0.2) is 4.99 Å². The highest BCUT2D eigenvalue weighted by Crippen LogP contribution is 2.41. The lowest BCUT2D eigenvalue weighted by Gasteiger charge is -2.27. The van der Waals surface area contributed by atoms with Gasteiger partial charge in [0, 0.05) is 42.7 Å². The molecule has 1 saturated heterocycles. The SMILES string of the molecule is C=N/C=C1\C(=N/CNc2ccc(N3CCCCC3)nn2)N(C2CCCC2)c2cnccc21. The summed E-state index contributed by atoms with van der Waals surface area (Å²) < 4.78 is 0. The Morgan fingerprint density at radius 2 is 1.91 bits per heavy atom. The third-order valence-electron chi connectivity index (χ3n) is 6.55. The Kier molecular flexibility index (Phi) is 6.09. The van der Waals surface area contributed by atoms with Gasteiger partial charge in [0.05, 0.1) is 11.9 Å². The molecule has 3 aliphatic rings. The summed E-state index contributed by atoms with van der Waals surface area (Å²) in [7, 11) is 0. The molecule has 5 rings (SSSR count). The van der Waals surface area contributed by atoms with Crippen LogP contribution in [-0.2, 0) is 0 Å². The molecule has 166 valence electrons. The molecule has 1 N–H and O–H groups in total. The van der Waals surface area contributed by atoms with Crippen molar-refractivity contribution in [3.05, 3.63) is 42.4 Å². The van der Waals surface area contributed by atoms with E-state index in [4.69, 9.17) is 4.99 Å². The number of pyridine rings is 1. The van der Waals surface area contributed by atoms with E-state index >= 15 is 0 Å². The van der Waals surface area contributed by atoms with Gasteiger partial charge in [-0.15, -0.1) is 10.2 Å². The van der Waals surface area contributed by atoms with Crippen LogP contribution in [0.5, 0.6) is 0 Å². The fraction of sp³-hybridized carbons (Fsp3) is 0.458. The summed E-state index contributed by atoms with van der Waals surface area (Å²) in [4.78, 5) is 18.0. The lowest BCUT2D eigenvalue weighted by molar-refractivity contribution is 0.571. The van der Waals surface area contributed by atoms with E-state index in [2.05, 4.69) is 42.0 Å². The standard InChI is InChI=1S/C24H30N8/c1-25-15-20-19-11-12-26-16-21(19)32(18-7-3-4-8-18)24(20)28-17-27-22-9-10-23(30-29-22)31-13-5-2-6-14-31/h9-12,15-16,18H,1-8,13-14,17H2,(H,27,29)/b20-15-,28-24+. The van der Waals surface area contributed by atoms with Crippen molar-refractivity contribution in [2.45, 2.75) is 51.0 Å². The summed E-state index contributed by atoms with van der Waals surface area (Å²) >= 11 is 0. The largest absolute Gasteiger partial charge is 0.355 e. The average molecular weight is 431 g/mol. The number of fused-ring (bicyclic) bond motifs is 1. The molecule has 2 aromatic rings. The summed E-state index contributed by atoms with van der Waals surface area (Å²) in [6.07, 6.45) is 14.2. The van der Waals surface area contributed by atoms with Gasteiger partial charge in [-0.3, -0.25) is 9.98 Å². The summed E-state index contributed by atoms with van der Waals surface area (Å²) in [5.74, 6) is 2.61.